The van der Waals surface area contributed by atoms with E-state index in [2.05, 4.69) is 27.1 Å². The van der Waals surface area contributed by atoms with Crippen molar-refractivity contribution >= 4 is 28.1 Å². The zero-order chi connectivity index (χ0) is 24.2. The molecule has 0 radical (unpaired) electrons. The zero-order valence-corrected chi connectivity index (χ0v) is 18.3. The molecule has 0 amide bonds. The van der Waals surface area contributed by atoms with Crippen LogP contribution in [0.1, 0.15) is 16.8 Å². The molecule has 170 valence electrons. The average Bonchev–Trinajstić information content (AvgIpc) is 2.82. The molecule has 0 atom stereocenters. The fourth-order valence-corrected chi connectivity index (χ4v) is 3.76. The SMILES string of the molecule is Cc1cccc2cc(CNc3ncnc(N)c3C(=N)C#CCO)n(-c3ccccc3F)c(=O)c12. The Kier molecular flexibility index (Phi) is 6.34. The maximum atomic E-state index is 14.8. The summed E-state index contributed by atoms with van der Waals surface area (Å²) in [7, 11) is 0. The molecule has 0 aliphatic rings. The molecule has 0 spiro atoms. The van der Waals surface area contributed by atoms with E-state index in [0.717, 1.165) is 10.9 Å². The van der Waals surface area contributed by atoms with Gasteiger partial charge in [0.1, 0.15) is 36.1 Å². The maximum Gasteiger partial charge on any atom is 0.263 e. The summed E-state index contributed by atoms with van der Waals surface area (Å²) in [6.45, 7) is 1.49. The molecule has 0 aliphatic carbocycles. The van der Waals surface area contributed by atoms with Crippen molar-refractivity contribution in [3.05, 3.63) is 87.9 Å². The lowest BCUT2D eigenvalue weighted by molar-refractivity contribution is 0.350. The van der Waals surface area contributed by atoms with Crippen molar-refractivity contribution in [1.82, 2.24) is 14.5 Å². The number of halogens is 1. The molecule has 0 aliphatic heterocycles. The first-order chi connectivity index (χ1) is 16.4. The molecule has 8 nitrogen and oxygen atoms in total. The van der Waals surface area contributed by atoms with Gasteiger partial charge in [-0.2, -0.15) is 0 Å². The van der Waals surface area contributed by atoms with Gasteiger partial charge in [0.2, 0.25) is 0 Å². The summed E-state index contributed by atoms with van der Waals surface area (Å²) < 4.78 is 16.1. The van der Waals surface area contributed by atoms with E-state index in [-0.39, 0.29) is 40.7 Å². The van der Waals surface area contributed by atoms with Crippen LogP contribution in [-0.2, 0) is 6.54 Å². The summed E-state index contributed by atoms with van der Waals surface area (Å²) in [5.41, 5.74) is 6.99. The Morgan fingerprint density at radius 3 is 2.79 bits per heavy atom. The van der Waals surface area contributed by atoms with Gasteiger partial charge in [-0.3, -0.25) is 14.8 Å². The van der Waals surface area contributed by atoms with E-state index in [1.807, 2.05) is 31.2 Å². The molecule has 2 aromatic heterocycles. The summed E-state index contributed by atoms with van der Waals surface area (Å²) in [5, 5.41) is 21.4. The first kappa shape index (κ1) is 22.6. The number of aromatic nitrogens is 3. The van der Waals surface area contributed by atoms with Crippen molar-refractivity contribution in [2.45, 2.75) is 13.5 Å². The van der Waals surface area contributed by atoms with Crippen molar-refractivity contribution in [3.63, 3.8) is 0 Å². The van der Waals surface area contributed by atoms with E-state index in [0.29, 0.717) is 11.1 Å². The van der Waals surface area contributed by atoms with Crippen LogP contribution in [0.2, 0.25) is 0 Å². The third-order valence-electron chi connectivity index (χ3n) is 5.28. The molecule has 9 heteroatoms. The second-order valence-corrected chi connectivity index (χ2v) is 7.44. The van der Waals surface area contributed by atoms with Crippen molar-refractivity contribution in [2.24, 2.45) is 0 Å². The minimum absolute atomic E-state index is 0.0374. The van der Waals surface area contributed by atoms with Crippen molar-refractivity contribution in [1.29, 1.82) is 5.41 Å². The first-order valence-corrected chi connectivity index (χ1v) is 10.3. The highest BCUT2D eigenvalue weighted by Gasteiger charge is 2.17. The van der Waals surface area contributed by atoms with Crippen LogP contribution in [0.4, 0.5) is 16.0 Å². The number of hydrogen-bond acceptors (Lipinski definition) is 7. The molecule has 0 bridgehead atoms. The van der Waals surface area contributed by atoms with Gasteiger partial charge in [0.25, 0.3) is 5.56 Å². The number of pyridine rings is 1. The second kappa shape index (κ2) is 9.52. The summed E-state index contributed by atoms with van der Waals surface area (Å²) in [5.74, 6) is 4.62. The summed E-state index contributed by atoms with van der Waals surface area (Å²) in [6, 6.07) is 13.4. The number of nitrogen functional groups attached to an aromatic ring is 1. The largest absolute Gasteiger partial charge is 0.384 e. The van der Waals surface area contributed by atoms with Crippen molar-refractivity contribution in [2.75, 3.05) is 17.7 Å². The average molecular weight is 456 g/mol. The number of benzene rings is 2. The van der Waals surface area contributed by atoms with E-state index in [1.165, 1.54) is 17.0 Å². The van der Waals surface area contributed by atoms with Crippen LogP contribution >= 0.6 is 0 Å². The number of nitrogens with one attached hydrogen (secondary N) is 2. The number of anilines is 2. The van der Waals surface area contributed by atoms with Crippen LogP contribution < -0.4 is 16.6 Å². The monoisotopic (exact) mass is 456 g/mol. The number of fused-ring (bicyclic) bond motifs is 1. The zero-order valence-electron chi connectivity index (χ0n) is 18.3. The molecule has 34 heavy (non-hydrogen) atoms. The summed E-state index contributed by atoms with van der Waals surface area (Å²) >= 11 is 0. The summed E-state index contributed by atoms with van der Waals surface area (Å²) in [4.78, 5) is 21.6. The Hall–Kier alpha value is -4.55. The van der Waals surface area contributed by atoms with Crippen LogP contribution in [0.15, 0.2) is 59.7 Å². The molecule has 5 N–H and O–H groups in total. The van der Waals surface area contributed by atoms with E-state index in [9.17, 15) is 9.18 Å². The number of nitrogens with zero attached hydrogens (tertiary/aromatic N) is 3. The molecule has 0 saturated heterocycles. The van der Waals surface area contributed by atoms with Crippen molar-refractivity contribution in [3.8, 4) is 17.5 Å². The number of aryl methyl sites for hydroxylation is 1. The van der Waals surface area contributed by atoms with Crippen LogP contribution in [0.25, 0.3) is 16.5 Å². The smallest absolute Gasteiger partial charge is 0.263 e. The Balaban J connectivity index is 1.85. The highest BCUT2D eigenvalue weighted by atomic mass is 19.1. The Labute approximate surface area is 194 Å². The number of para-hydroxylation sites is 1. The lowest BCUT2D eigenvalue weighted by Crippen LogP contribution is -2.25. The normalized spacial score (nSPS) is 10.6. The minimum Gasteiger partial charge on any atom is -0.384 e. The van der Waals surface area contributed by atoms with Gasteiger partial charge in [-0.05, 0) is 42.0 Å². The number of nitrogens with two attached hydrogens (primary N) is 1. The van der Waals surface area contributed by atoms with E-state index < -0.39 is 12.4 Å². The van der Waals surface area contributed by atoms with Crippen LogP contribution in [-0.4, -0.2) is 32.0 Å². The fraction of sp³-hybridized carbons (Fsp3) is 0.120. The predicted molar refractivity (Wildman–Crippen MR) is 130 cm³/mol. The van der Waals surface area contributed by atoms with Crippen LogP contribution in [0.5, 0.6) is 0 Å². The number of hydrogen-bond donors (Lipinski definition) is 4. The molecule has 4 aromatic rings. The van der Waals surface area contributed by atoms with Gasteiger partial charge in [-0.1, -0.05) is 36.3 Å². The van der Waals surface area contributed by atoms with Gasteiger partial charge in [0.15, 0.2) is 0 Å². The van der Waals surface area contributed by atoms with Crippen molar-refractivity contribution < 1.29 is 9.50 Å². The van der Waals surface area contributed by atoms with E-state index >= 15 is 0 Å². The van der Waals surface area contributed by atoms with Gasteiger partial charge in [0, 0.05) is 5.69 Å². The highest BCUT2D eigenvalue weighted by molar-refractivity contribution is 6.16. The topological polar surface area (TPSA) is 130 Å². The third-order valence-corrected chi connectivity index (χ3v) is 5.28. The van der Waals surface area contributed by atoms with E-state index in [4.69, 9.17) is 16.2 Å². The first-order valence-electron chi connectivity index (χ1n) is 10.3. The van der Waals surface area contributed by atoms with Gasteiger partial charge in [-0.15, -0.1) is 0 Å². The molecule has 4 rings (SSSR count). The Morgan fingerprint density at radius 1 is 1.24 bits per heavy atom. The lowest BCUT2D eigenvalue weighted by Gasteiger charge is -2.18. The minimum atomic E-state index is -0.535. The van der Waals surface area contributed by atoms with Gasteiger partial charge < -0.3 is 16.2 Å². The van der Waals surface area contributed by atoms with E-state index in [1.54, 1.807) is 18.2 Å². The van der Waals surface area contributed by atoms with Gasteiger partial charge >= 0.3 is 0 Å². The van der Waals surface area contributed by atoms with Crippen LogP contribution in [0.3, 0.4) is 0 Å². The van der Waals surface area contributed by atoms with Crippen LogP contribution in [0, 0.1) is 30.0 Å². The molecule has 2 aromatic carbocycles. The molecular formula is C25H21FN6O2. The number of aliphatic hydroxyl groups is 1. The number of rotatable bonds is 5. The lowest BCUT2D eigenvalue weighted by atomic mass is 10.1. The molecule has 0 fully saturated rings. The van der Waals surface area contributed by atoms with Gasteiger partial charge in [-0.25, -0.2) is 14.4 Å². The quantitative estimate of drug-likeness (QED) is 0.270. The summed E-state index contributed by atoms with van der Waals surface area (Å²) in [6.07, 6.45) is 1.24. The molecular weight excluding hydrogens is 435 g/mol. The predicted octanol–water partition coefficient (Wildman–Crippen LogP) is 2.79. The second-order valence-electron chi connectivity index (χ2n) is 7.44. The molecule has 2 heterocycles. The maximum absolute atomic E-state index is 14.8. The molecule has 0 saturated carbocycles. The number of aliphatic hydroxyl groups excluding tert-OH is 1. The Morgan fingerprint density at radius 2 is 2.03 bits per heavy atom. The fourth-order valence-electron chi connectivity index (χ4n) is 3.76. The standard InChI is InChI=1S/C25H21FN6O2/c1-15-6-4-7-16-12-17(32(25(34)21(15)16)20-10-3-2-8-18(20)26)13-29-24-22(19(27)9-5-11-33)23(28)30-14-31-24/h2-4,6-8,10,12,14,27,33H,11,13H2,1H3,(H3,28,29,30,31). The highest BCUT2D eigenvalue weighted by Crippen LogP contribution is 2.23. The third kappa shape index (κ3) is 4.22. The van der Waals surface area contributed by atoms with Gasteiger partial charge in [0.05, 0.1) is 23.2 Å². The Bertz CT molecular complexity index is 1530. The molecule has 0 unspecified atom stereocenters.